The number of hydrogen-bond acceptors (Lipinski definition) is 13. The van der Waals surface area contributed by atoms with E-state index in [1.165, 1.54) is 20.9 Å². The molecule has 3 aliphatic heterocycles. The Balaban J connectivity index is 0.000000228. The molecule has 412 valence electrons. The number of carbonyl (C=O) groups excluding carboxylic acids is 2. The molecule has 1 saturated heterocycles. The lowest BCUT2D eigenvalue weighted by Crippen LogP contribution is -2.45. The minimum atomic E-state index is -0.389. The first-order chi connectivity index (χ1) is 37.1. The van der Waals surface area contributed by atoms with Crippen LogP contribution in [0, 0.1) is 41.5 Å². The number of nitrogens with zero attached hydrogens (tertiary/aromatic N) is 12. The number of aliphatic imine (C=N–C) groups is 2. The zero-order valence-electron chi connectivity index (χ0n) is 47.3. The van der Waals surface area contributed by atoms with Gasteiger partial charge < -0.3 is 25.0 Å². The number of amides is 2. The first-order valence-corrected chi connectivity index (χ1v) is 29.2. The quantitative estimate of drug-likeness (QED) is 0.121. The molecule has 0 spiro atoms. The van der Waals surface area contributed by atoms with Gasteiger partial charge >= 0.3 is 0 Å². The summed E-state index contributed by atoms with van der Waals surface area (Å²) in [4.78, 5) is 47.3. The number of nitrogens with one attached hydrogen (secondary N) is 2. The average Bonchev–Trinajstić information content (AvgIpc) is 4.26. The number of carbonyl (C=O) groups is 2. The van der Waals surface area contributed by atoms with E-state index in [2.05, 4.69) is 89.7 Å². The van der Waals surface area contributed by atoms with Gasteiger partial charge in [-0.1, -0.05) is 89.0 Å². The van der Waals surface area contributed by atoms with E-state index in [-0.39, 0.29) is 23.9 Å². The van der Waals surface area contributed by atoms with Gasteiger partial charge in [-0.15, -0.1) is 43.1 Å². The molecule has 10 rings (SSSR count). The van der Waals surface area contributed by atoms with Crippen LogP contribution in [0.1, 0.15) is 139 Å². The molecule has 2 N–H and O–H groups in total. The lowest BCUT2D eigenvalue weighted by Gasteiger charge is -2.32. The molecule has 2 unspecified atom stereocenters. The fourth-order valence-corrected chi connectivity index (χ4v) is 11.7. The Labute approximate surface area is 473 Å². The number of hydrogen-bond donors (Lipinski definition) is 2. The molecule has 0 radical (unpaired) electrons. The van der Waals surface area contributed by atoms with Crippen LogP contribution < -0.4 is 10.6 Å². The summed E-state index contributed by atoms with van der Waals surface area (Å²) in [6, 6.07) is 14.8. The highest BCUT2D eigenvalue weighted by atomic mass is 35.5. The number of fused-ring (bicyclic) bond motifs is 6. The van der Waals surface area contributed by atoms with Crippen LogP contribution >= 0.6 is 45.9 Å². The van der Waals surface area contributed by atoms with E-state index >= 15 is 0 Å². The van der Waals surface area contributed by atoms with Crippen molar-refractivity contribution < 1.29 is 9.59 Å². The standard InChI is InChI=1S/C26H32ClN7OS.C25H26ClN7OS.3C2H6/c1-16-17(2)36-26-23(16)24(19-5-7-20(27)8-6-19)29-21(25-31-30-18(3)34(25)26)15-28-22(35)9-10-33-13-11-32(4)12-14-33;1-14-15(2)35-25-22(14)23(17-5-7-18(26)8-6-17)29-20(24-31-30-16(3)33(24)25)11-27-21(34)10-9-19-12-32(4)13-28-19;3*1-2/h5-8,21H,9-15H2,1-4H3,(H,28,35);5-8,12-13,20H,9-11H2,1-4H3,(H,27,34);3*1-2H3. The molecule has 2 aromatic carbocycles. The van der Waals surface area contributed by atoms with Gasteiger partial charge in [0.05, 0.1) is 23.4 Å². The van der Waals surface area contributed by atoms with Crippen LogP contribution in [-0.4, -0.2) is 125 Å². The van der Waals surface area contributed by atoms with Crippen LogP contribution in [-0.2, 0) is 23.1 Å². The van der Waals surface area contributed by atoms with E-state index in [0.29, 0.717) is 42.4 Å². The van der Waals surface area contributed by atoms with Gasteiger partial charge in [-0.3, -0.25) is 28.7 Å². The van der Waals surface area contributed by atoms with Gasteiger partial charge in [0.15, 0.2) is 11.6 Å². The molecule has 8 heterocycles. The zero-order valence-corrected chi connectivity index (χ0v) is 50.4. The largest absolute Gasteiger partial charge is 0.353 e. The van der Waals surface area contributed by atoms with Crippen LogP contribution in [0.15, 0.2) is 71.0 Å². The fraction of sp³-hybridized carbons (Fsp3) is 0.456. The van der Waals surface area contributed by atoms with Crippen LogP contribution in [0.4, 0.5) is 0 Å². The molecule has 20 heteroatoms. The topological polar surface area (TPSA) is 169 Å². The molecule has 2 atom stereocenters. The highest BCUT2D eigenvalue weighted by Gasteiger charge is 2.33. The summed E-state index contributed by atoms with van der Waals surface area (Å²) in [5.74, 6) is 3.06. The predicted molar refractivity (Wildman–Crippen MR) is 317 cm³/mol. The Morgan fingerprint density at radius 2 is 1.04 bits per heavy atom. The molecule has 7 aromatic rings. The minimum Gasteiger partial charge on any atom is -0.353 e. The second kappa shape index (κ2) is 28.1. The molecule has 3 aliphatic rings. The van der Waals surface area contributed by atoms with Crippen molar-refractivity contribution in [3.8, 4) is 10.0 Å². The zero-order chi connectivity index (χ0) is 56.1. The number of benzene rings is 2. The number of thiophene rings is 2. The fourth-order valence-electron chi connectivity index (χ4n) is 9.03. The highest BCUT2D eigenvalue weighted by molar-refractivity contribution is 7.15. The second-order valence-electron chi connectivity index (χ2n) is 18.3. The van der Waals surface area contributed by atoms with E-state index < -0.39 is 0 Å². The summed E-state index contributed by atoms with van der Waals surface area (Å²) < 4.78 is 6.06. The Kier molecular flexibility index (Phi) is 22.0. The Morgan fingerprint density at radius 1 is 0.610 bits per heavy atom. The molecule has 0 aliphatic carbocycles. The van der Waals surface area contributed by atoms with Crippen molar-refractivity contribution in [1.29, 1.82) is 0 Å². The third-order valence-corrected chi connectivity index (χ3v) is 16.2. The predicted octanol–water partition coefficient (Wildman–Crippen LogP) is 10.9. The first-order valence-electron chi connectivity index (χ1n) is 26.8. The lowest BCUT2D eigenvalue weighted by atomic mass is 10.00. The molecule has 1 fully saturated rings. The number of imidazole rings is 1. The number of aromatic nitrogens is 8. The minimum absolute atomic E-state index is 0.0333. The summed E-state index contributed by atoms with van der Waals surface area (Å²) in [7, 11) is 4.05. The van der Waals surface area contributed by atoms with Gasteiger partial charge in [0.2, 0.25) is 11.8 Å². The van der Waals surface area contributed by atoms with Crippen LogP contribution in [0.25, 0.3) is 10.0 Å². The maximum Gasteiger partial charge on any atom is 0.221 e. The highest BCUT2D eigenvalue weighted by Crippen LogP contribution is 2.40. The summed E-state index contributed by atoms with van der Waals surface area (Å²) >= 11 is 15.8. The number of halogens is 2. The number of likely N-dealkylation sites (N-methyl/N-ethyl adjacent to an activating group) is 1. The molecule has 0 bridgehead atoms. The molecular formula is C57H76Cl2N14O2S2. The van der Waals surface area contributed by atoms with Crippen molar-refractivity contribution in [2.45, 2.75) is 114 Å². The Hall–Kier alpha value is -5.89. The smallest absolute Gasteiger partial charge is 0.221 e. The monoisotopic (exact) mass is 1120 g/mol. The van der Waals surface area contributed by atoms with E-state index in [1.807, 2.05) is 122 Å². The van der Waals surface area contributed by atoms with Crippen molar-refractivity contribution in [1.82, 2.24) is 59.5 Å². The van der Waals surface area contributed by atoms with Crippen LogP contribution in [0.2, 0.25) is 10.0 Å². The maximum atomic E-state index is 12.8. The molecule has 5 aromatic heterocycles. The number of piperazine rings is 1. The van der Waals surface area contributed by atoms with E-state index in [0.717, 1.165) is 105 Å². The molecule has 77 heavy (non-hydrogen) atoms. The lowest BCUT2D eigenvalue weighted by molar-refractivity contribution is -0.122. The maximum absolute atomic E-state index is 12.8. The van der Waals surface area contributed by atoms with Crippen molar-refractivity contribution in [3.63, 3.8) is 0 Å². The van der Waals surface area contributed by atoms with E-state index in [9.17, 15) is 9.59 Å². The average molecular weight is 1120 g/mol. The van der Waals surface area contributed by atoms with Crippen molar-refractivity contribution in [3.05, 3.63) is 143 Å². The van der Waals surface area contributed by atoms with E-state index in [4.69, 9.17) is 33.2 Å². The van der Waals surface area contributed by atoms with Crippen molar-refractivity contribution in [2.24, 2.45) is 17.0 Å². The van der Waals surface area contributed by atoms with Gasteiger partial charge in [0, 0.05) is 114 Å². The Bertz CT molecular complexity index is 3140. The van der Waals surface area contributed by atoms with Gasteiger partial charge in [0.1, 0.15) is 33.7 Å². The third-order valence-electron chi connectivity index (χ3n) is 13.3. The third kappa shape index (κ3) is 14.2. The van der Waals surface area contributed by atoms with Gasteiger partial charge in [-0.2, -0.15) is 0 Å². The van der Waals surface area contributed by atoms with E-state index in [1.54, 1.807) is 29.0 Å². The normalized spacial score (nSPS) is 15.5. The summed E-state index contributed by atoms with van der Waals surface area (Å²) in [5, 5.41) is 27.4. The van der Waals surface area contributed by atoms with Gasteiger partial charge in [-0.25, -0.2) is 4.98 Å². The number of aryl methyl sites for hydroxylation is 6. The van der Waals surface area contributed by atoms with Crippen molar-refractivity contribution >= 4 is 69.1 Å². The van der Waals surface area contributed by atoms with Gasteiger partial charge in [0.25, 0.3) is 0 Å². The SMILES string of the molecule is CC.CC.CC.Cc1sc2c(c1C)C(c1ccc(Cl)cc1)=NC(CNC(=O)CCN1CCN(C)CC1)c1nnc(C)n1-2.Cc1sc2c(c1C)C(c1ccc(Cl)cc1)=NC(CNC(=O)CCc1cn(C)cn1)c1nnc(C)n1-2. The summed E-state index contributed by atoms with van der Waals surface area (Å²) in [6.45, 7) is 30.0. The van der Waals surface area contributed by atoms with Crippen LogP contribution in [0.3, 0.4) is 0 Å². The summed E-state index contributed by atoms with van der Waals surface area (Å²) in [5.41, 5.74) is 9.16. The van der Waals surface area contributed by atoms with Crippen molar-refractivity contribution in [2.75, 3.05) is 52.9 Å². The summed E-state index contributed by atoms with van der Waals surface area (Å²) in [6.07, 6.45) is 5.08. The molecule has 16 nitrogen and oxygen atoms in total. The molecule has 0 saturated carbocycles. The van der Waals surface area contributed by atoms with Crippen LogP contribution in [0.5, 0.6) is 0 Å². The first kappa shape index (κ1) is 60.3. The number of rotatable bonds is 12. The second-order valence-corrected chi connectivity index (χ2v) is 21.6. The Morgan fingerprint density at radius 3 is 1.45 bits per heavy atom. The molecular weight excluding hydrogens is 1050 g/mol. The van der Waals surface area contributed by atoms with Gasteiger partial charge in [-0.05, 0) is 90.4 Å². The molecule has 2 amide bonds.